The number of imidazole rings is 1. The number of nitrogens with one attached hydrogen (secondary N) is 1. The first kappa shape index (κ1) is 12.7. The van der Waals surface area contributed by atoms with Gasteiger partial charge in [-0.15, -0.1) is 0 Å². The number of aromatic nitrogens is 2. The van der Waals surface area contributed by atoms with E-state index in [1.165, 1.54) is 11.1 Å². The second-order valence-corrected chi connectivity index (χ2v) is 4.89. The molecule has 1 aromatic heterocycles. The topological polar surface area (TPSA) is 29.9 Å². The van der Waals surface area contributed by atoms with Crippen LogP contribution < -0.4 is 5.32 Å². The van der Waals surface area contributed by atoms with Crippen molar-refractivity contribution in [1.29, 1.82) is 0 Å². The molecule has 0 atom stereocenters. The number of para-hydroxylation sites is 2. The summed E-state index contributed by atoms with van der Waals surface area (Å²) >= 11 is 0. The molecule has 3 aromatic rings. The van der Waals surface area contributed by atoms with Crippen molar-refractivity contribution >= 4 is 16.7 Å². The van der Waals surface area contributed by atoms with Crippen molar-refractivity contribution in [3.8, 4) is 0 Å². The molecular formula is C17H19N3. The Balaban J connectivity index is 2.01. The van der Waals surface area contributed by atoms with Crippen molar-refractivity contribution in [2.24, 2.45) is 0 Å². The third kappa shape index (κ3) is 2.27. The van der Waals surface area contributed by atoms with Crippen molar-refractivity contribution in [2.75, 3.05) is 12.4 Å². The van der Waals surface area contributed by atoms with Crippen LogP contribution in [0.3, 0.4) is 0 Å². The van der Waals surface area contributed by atoms with Gasteiger partial charge in [-0.25, -0.2) is 4.98 Å². The highest BCUT2D eigenvalue weighted by molar-refractivity contribution is 5.76. The predicted octanol–water partition coefficient (Wildman–Crippen LogP) is 3.69. The summed E-state index contributed by atoms with van der Waals surface area (Å²) < 4.78 is 2.29. The highest BCUT2D eigenvalue weighted by Crippen LogP contribution is 2.19. The highest BCUT2D eigenvalue weighted by Gasteiger charge is 2.09. The monoisotopic (exact) mass is 265 g/mol. The minimum absolute atomic E-state index is 0.859. The van der Waals surface area contributed by atoms with Gasteiger partial charge in [-0.2, -0.15) is 0 Å². The van der Waals surface area contributed by atoms with Crippen LogP contribution in [0.1, 0.15) is 18.3 Å². The maximum absolute atomic E-state index is 4.78. The Kier molecular flexibility index (Phi) is 3.42. The molecule has 0 spiro atoms. The smallest absolute Gasteiger partial charge is 0.114 e. The number of hydrogen-bond donors (Lipinski definition) is 1. The molecule has 2 aromatic carbocycles. The van der Waals surface area contributed by atoms with E-state index in [0.29, 0.717) is 0 Å². The fourth-order valence-corrected chi connectivity index (χ4v) is 2.63. The highest BCUT2D eigenvalue weighted by atomic mass is 15.1. The van der Waals surface area contributed by atoms with E-state index in [1.54, 1.807) is 0 Å². The Labute approximate surface area is 119 Å². The zero-order valence-electron chi connectivity index (χ0n) is 11.9. The van der Waals surface area contributed by atoms with Gasteiger partial charge in [0, 0.05) is 25.7 Å². The largest absolute Gasteiger partial charge is 0.388 e. The minimum Gasteiger partial charge on any atom is -0.388 e. The van der Waals surface area contributed by atoms with Crippen LogP contribution in [0.2, 0.25) is 0 Å². The third-order valence-corrected chi connectivity index (χ3v) is 3.63. The van der Waals surface area contributed by atoms with Gasteiger partial charge in [0.05, 0.1) is 11.0 Å². The molecule has 0 radical (unpaired) electrons. The molecule has 1 N–H and O–H groups in total. The summed E-state index contributed by atoms with van der Waals surface area (Å²) in [6, 6.07) is 16.8. The van der Waals surface area contributed by atoms with Crippen LogP contribution in [-0.4, -0.2) is 16.6 Å². The molecule has 0 amide bonds. The molecular weight excluding hydrogens is 246 g/mol. The molecule has 0 saturated heterocycles. The van der Waals surface area contributed by atoms with E-state index in [9.17, 15) is 0 Å². The summed E-state index contributed by atoms with van der Waals surface area (Å²) in [6.45, 7) is 3.11. The Morgan fingerprint density at radius 1 is 1.10 bits per heavy atom. The molecule has 0 fully saturated rings. The van der Waals surface area contributed by atoms with Crippen molar-refractivity contribution in [2.45, 2.75) is 19.9 Å². The lowest BCUT2D eigenvalue weighted by molar-refractivity contribution is 0.734. The normalized spacial score (nSPS) is 10.9. The van der Waals surface area contributed by atoms with Crippen molar-refractivity contribution < 1.29 is 0 Å². The van der Waals surface area contributed by atoms with Gasteiger partial charge in [-0.05, 0) is 36.8 Å². The molecule has 0 unspecified atom stereocenters. The average Bonchev–Trinajstić information content (AvgIpc) is 2.84. The number of fused-ring (bicyclic) bond motifs is 1. The molecule has 0 aliphatic carbocycles. The Hall–Kier alpha value is -2.29. The van der Waals surface area contributed by atoms with Crippen LogP contribution in [0.5, 0.6) is 0 Å². The van der Waals surface area contributed by atoms with Gasteiger partial charge >= 0.3 is 0 Å². The summed E-state index contributed by atoms with van der Waals surface area (Å²) in [6.07, 6.45) is 0.859. The van der Waals surface area contributed by atoms with Gasteiger partial charge in [0.1, 0.15) is 5.82 Å². The van der Waals surface area contributed by atoms with Crippen LogP contribution in [0.25, 0.3) is 11.0 Å². The summed E-state index contributed by atoms with van der Waals surface area (Å²) in [5.41, 5.74) is 4.72. The van der Waals surface area contributed by atoms with Crippen LogP contribution >= 0.6 is 0 Å². The summed E-state index contributed by atoms with van der Waals surface area (Å²) in [5.74, 6) is 1.13. The third-order valence-electron chi connectivity index (χ3n) is 3.63. The van der Waals surface area contributed by atoms with E-state index in [4.69, 9.17) is 4.98 Å². The first-order chi connectivity index (χ1) is 9.81. The van der Waals surface area contributed by atoms with E-state index in [2.05, 4.69) is 59.3 Å². The van der Waals surface area contributed by atoms with Crippen LogP contribution in [0.15, 0.2) is 48.5 Å². The number of benzene rings is 2. The molecule has 3 nitrogen and oxygen atoms in total. The summed E-state index contributed by atoms with van der Waals surface area (Å²) in [7, 11) is 1.94. The number of aryl methyl sites for hydroxylation is 1. The number of hydrogen-bond acceptors (Lipinski definition) is 2. The number of anilines is 1. The van der Waals surface area contributed by atoms with E-state index in [-0.39, 0.29) is 0 Å². The van der Waals surface area contributed by atoms with Crippen molar-refractivity contribution in [1.82, 2.24) is 9.55 Å². The second-order valence-electron chi connectivity index (χ2n) is 4.89. The van der Waals surface area contributed by atoms with Gasteiger partial charge in [0.15, 0.2) is 0 Å². The molecule has 20 heavy (non-hydrogen) atoms. The van der Waals surface area contributed by atoms with E-state index in [1.807, 2.05) is 13.1 Å². The molecule has 3 rings (SSSR count). The summed E-state index contributed by atoms with van der Waals surface area (Å²) in [4.78, 5) is 4.78. The lowest BCUT2D eigenvalue weighted by Crippen LogP contribution is -2.03. The van der Waals surface area contributed by atoms with Gasteiger partial charge < -0.3 is 9.88 Å². The number of rotatable bonds is 4. The first-order valence-electron chi connectivity index (χ1n) is 7.02. The Morgan fingerprint density at radius 3 is 2.75 bits per heavy atom. The van der Waals surface area contributed by atoms with E-state index < -0.39 is 0 Å². The standard InChI is InChI=1S/C17H19N3/c1-3-20-16-10-5-4-9-15(16)19-17(20)12-13-7-6-8-14(11-13)18-2/h4-11,18H,3,12H2,1-2H3. The maximum atomic E-state index is 4.78. The molecule has 0 bridgehead atoms. The predicted molar refractivity (Wildman–Crippen MR) is 84.2 cm³/mol. The zero-order chi connectivity index (χ0) is 13.9. The Bertz CT molecular complexity index is 728. The molecule has 0 saturated carbocycles. The van der Waals surface area contributed by atoms with Crippen molar-refractivity contribution in [3.05, 3.63) is 59.9 Å². The van der Waals surface area contributed by atoms with E-state index >= 15 is 0 Å². The van der Waals surface area contributed by atoms with Crippen LogP contribution in [-0.2, 0) is 13.0 Å². The maximum Gasteiger partial charge on any atom is 0.114 e. The Morgan fingerprint density at radius 2 is 1.95 bits per heavy atom. The molecule has 3 heteroatoms. The van der Waals surface area contributed by atoms with Crippen LogP contribution in [0.4, 0.5) is 5.69 Å². The minimum atomic E-state index is 0.859. The van der Waals surface area contributed by atoms with Gasteiger partial charge in [0.2, 0.25) is 0 Å². The molecule has 0 aliphatic rings. The summed E-state index contributed by atoms with van der Waals surface area (Å²) in [5, 5.41) is 3.18. The average molecular weight is 265 g/mol. The molecule has 0 aliphatic heterocycles. The lowest BCUT2D eigenvalue weighted by atomic mass is 10.1. The van der Waals surface area contributed by atoms with Crippen LogP contribution in [0, 0.1) is 0 Å². The second kappa shape index (κ2) is 5.37. The molecule has 1 heterocycles. The quantitative estimate of drug-likeness (QED) is 0.779. The number of nitrogens with zero attached hydrogens (tertiary/aromatic N) is 2. The fraction of sp³-hybridized carbons (Fsp3) is 0.235. The zero-order valence-corrected chi connectivity index (χ0v) is 11.9. The SMILES string of the molecule is CCn1c(Cc2cccc(NC)c2)nc2ccccc21. The first-order valence-corrected chi connectivity index (χ1v) is 7.02. The van der Waals surface area contributed by atoms with E-state index in [0.717, 1.165) is 30.0 Å². The lowest BCUT2D eigenvalue weighted by Gasteiger charge is -2.07. The molecule has 102 valence electrons. The van der Waals surface area contributed by atoms with Gasteiger partial charge in [-0.3, -0.25) is 0 Å². The van der Waals surface area contributed by atoms with Gasteiger partial charge in [0.25, 0.3) is 0 Å². The van der Waals surface area contributed by atoms with Gasteiger partial charge in [-0.1, -0.05) is 24.3 Å². The fourth-order valence-electron chi connectivity index (χ4n) is 2.63. The van der Waals surface area contributed by atoms with Crippen molar-refractivity contribution in [3.63, 3.8) is 0 Å².